The van der Waals surface area contributed by atoms with Gasteiger partial charge in [-0.15, -0.1) is 0 Å². The SMILES string of the molecule is CCn1cc(NC2CC(=O)N(C3CCCCC3)C2=O)cn1. The number of carbonyl (C=O) groups excluding carboxylic acids is 2. The van der Waals surface area contributed by atoms with Crippen molar-refractivity contribution in [2.45, 2.75) is 64.1 Å². The molecule has 1 aromatic heterocycles. The predicted molar refractivity (Wildman–Crippen MR) is 78.7 cm³/mol. The highest BCUT2D eigenvalue weighted by atomic mass is 16.2. The summed E-state index contributed by atoms with van der Waals surface area (Å²) in [6.07, 6.45) is 9.17. The molecule has 1 saturated carbocycles. The Hall–Kier alpha value is -1.85. The van der Waals surface area contributed by atoms with Crippen molar-refractivity contribution in [2.75, 3.05) is 5.32 Å². The highest BCUT2D eigenvalue weighted by Crippen LogP contribution is 2.28. The lowest BCUT2D eigenvalue weighted by atomic mass is 9.94. The maximum atomic E-state index is 12.5. The van der Waals surface area contributed by atoms with Gasteiger partial charge in [-0.25, -0.2) is 0 Å². The van der Waals surface area contributed by atoms with E-state index in [0.29, 0.717) is 0 Å². The number of anilines is 1. The number of nitrogens with zero attached hydrogens (tertiary/aromatic N) is 3. The van der Waals surface area contributed by atoms with Gasteiger partial charge in [0.05, 0.1) is 18.3 Å². The van der Waals surface area contributed by atoms with Crippen LogP contribution in [0.4, 0.5) is 5.69 Å². The summed E-state index contributed by atoms with van der Waals surface area (Å²) in [6, 6.07) is -0.321. The summed E-state index contributed by atoms with van der Waals surface area (Å²) in [6.45, 7) is 2.79. The molecule has 0 spiro atoms. The average Bonchev–Trinajstić information content (AvgIpc) is 3.05. The Morgan fingerprint density at radius 1 is 1.29 bits per heavy atom. The quantitative estimate of drug-likeness (QED) is 0.858. The summed E-state index contributed by atoms with van der Waals surface area (Å²) in [5.41, 5.74) is 0.800. The summed E-state index contributed by atoms with van der Waals surface area (Å²) in [4.78, 5) is 26.2. The standard InChI is InChI=1S/C15H22N4O2/c1-2-18-10-11(9-16-18)17-13-8-14(20)19(15(13)21)12-6-4-3-5-7-12/h9-10,12-13,17H,2-8H2,1H3. The number of imide groups is 1. The third-order valence-corrected chi connectivity index (χ3v) is 4.42. The number of rotatable bonds is 4. The Labute approximate surface area is 124 Å². The van der Waals surface area contributed by atoms with Gasteiger partial charge in [0.2, 0.25) is 5.91 Å². The van der Waals surface area contributed by atoms with Crippen molar-refractivity contribution >= 4 is 17.5 Å². The smallest absolute Gasteiger partial charge is 0.252 e. The number of amides is 2. The zero-order valence-corrected chi connectivity index (χ0v) is 12.4. The molecule has 1 aliphatic heterocycles. The van der Waals surface area contributed by atoms with Gasteiger partial charge in [-0.2, -0.15) is 5.10 Å². The Balaban J connectivity index is 1.67. The molecule has 2 fully saturated rings. The topological polar surface area (TPSA) is 67.2 Å². The number of nitrogens with one attached hydrogen (secondary N) is 1. The summed E-state index contributed by atoms with van der Waals surface area (Å²) < 4.78 is 1.79. The Kier molecular flexibility index (Phi) is 3.94. The fourth-order valence-corrected chi connectivity index (χ4v) is 3.30. The van der Waals surface area contributed by atoms with Crippen LogP contribution in [-0.4, -0.2) is 38.6 Å². The molecule has 6 nitrogen and oxygen atoms in total. The second-order valence-electron chi connectivity index (χ2n) is 5.88. The molecule has 2 heterocycles. The summed E-state index contributed by atoms with van der Waals surface area (Å²) in [5, 5.41) is 7.32. The van der Waals surface area contributed by atoms with Gasteiger partial charge in [-0.1, -0.05) is 19.3 Å². The number of hydrogen-bond donors (Lipinski definition) is 1. The molecular weight excluding hydrogens is 268 g/mol. The first kappa shape index (κ1) is 14.1. The molecule has 2 aliphatic rings. The monoisotopic (exact) mass is 290 g/mol. The van der Waals surface area contributed by atoms with E-state index < -0.39 is 6.04 Å². The van der Waals surface area contributed by atoms with Gasteiger partial charge in [-0.05, 0) is 19.8 Å². The van der Waals surface area contributed by atoms with Crippen LogP contribution in [-0.2, 0) is 16.1 Å². The molecule has 3 rings (SSSR count). The summed E-state index contributed by atoms with van der Waals surface area (Å²) in [5.74, 6) is -0.108. The second-order valence-corrected chi connectivity index (χ2v) is 5.88. The molecule has 2 amide bonds. The molecule has 1 aromatic rings. The van der Waals surface area contributed by atoms with Crippen molar-refractivity contribution in [3.63, 3.8) is 0 Å². The number of hydrogen-bond acceptors (Lipinski definition) is 4. The fourth-order valence-electron chi connectivity index (χ4n) is 3.30. The average molecular weight is 290 g/mol. The maximum absolute atomic E-state index is 12.5. The number of aryl methyl sites for hydroxylation is 1. The molecule has 1 atom stereocenters. The van der Waals surface area contributed by atoms with Crippen molar-refractivity contribution in [3.8, 4) is 0 Å². The third kappa shape index (κ3) is 2.80. The van der Waals surface area contributed by atoms with Crippen LogP contribution >= 0.6 is 0 Å². The first-order valence-electron chi connectivity index (χ1n) is 7.84. The molecule has 0 bridgehead atoms. The van der Waals surface area contributed by atoms with Gasteiger partial charge in [0.25, 0.3) is 5.91 Å². The summed E-state index contributed by atoms with van der Waals surface area (Å²) in [7, 11) is 0. The number of likely N-dealkylation sites (tertiary alicyclic amines) is 1. The van der Waals surface area contributed by atoms with Crippen LogP contribution in [0.25, 0.3) is 0 Å². The zero-order valence-electron chi connectivity index (χ0n) is 12.4. The molecule has 1 unspecified atom stereocenters. The lowest BCUT2D eigenvalue weighted by molar-refractivity contribution is -0.141. The van der Waals surface area contributed by atoms with Gasteiger partial charge < -0.3 is 5.32 Å². The predicted octanol–water partition coefficient (Wildman–Crippen LogP) is 1.78. The van der Waals surface area contributed by atoms with Crippen molar-refractivity contribution in [1.82, 2.24) is 14.7 Å². The van der Waals surface area contributed by atoms with Gasteiger partial charge in [-0.3, -0.25) is 19.2 Å². The molecular formula is C15H22N4O2. The molecule has 1 N–H and O–H groups in total. The molecule has 114 valence electrons. The van der Waals surface area contributed by atoms with Crippen LogP contribution in [0.1, 0.15) is 45.4 Å². The molecule has 1 aliphatic carbocycles. The van der Waals surface area contributed by atoms with Crippen molar-refractivity contribution in [1.29, 1.82) is 0 Å². The minimum Gasteiger partial charge on any atom is -0.371 e. The van der Waals surface area contributed by atoms with E-state index in [2.05, 4.69) is 10.4 Å². The van der Waals surface area contributed by atoms with Crippen molar-refractivity contribution in [2.24, 2.45) is 0 Å². The van der Waals surface area contributed by atoms with E-state index in [1.807, 2.05) is 13.1 Å². The first-order chi connectivity index (χ1) is 10.2. The van der Waals surface area contributed by atoms with E-state index in [-0.39, 0.29) is 24.3 Å². The van der Waals surface area contributed by atoms with Crippen LogP contribution < -0.4 is 5.32 Å². The van der Waals surface area contributed by atoms with Crippen LogP contribution in [0.3, 0.4) is 0 Å². The highest BCUT2D eigenvalue weighted by molar-refractivity contribution is 6.07. The van der Waals surface area contributed by atoms with Crippen LogP contribution in [0.2, 0.25) is 0 Å². The van der Waals surface area contributed by atoms with E-state index >= 15 is 0 Å². The van der Waals surface area contributed by atoms with Gasteiger partial charge in [0.1, 0.15) is 6.04 Å². The Bertz CT molecular complexity index is 534. The third-order valence-electron chi connectivity index (χ3n) is 4.42. The van der Waals surface area contributed by atoms with E-state index in [4.69, 9.17) is 0 Å². The Morgan fingerprint density at radius 2 is 2.05 bits per heavy atom. The van der Waals surface area contributed by atoms with Gasteiger partial charge in [0.15, 0.2) is 0 Å². The van der Waals surface area contributed by atoms with Crippen LogP contribution in [0.15, 0.2) is 12.4 Å². The Morgan fingerprint density at radius 3 is 2.71 bits per heavy atom. The lowest BCUT2D eigenvalue weighted by Crippen LogP contribution is -2.43. The molecule has 6 heteroatoms. The number of aromatic nitrogens is 2. The van der Waals surface area contributed by atoms with E-state index in [1.54, 1.807) is 10.9 Å². The molecule has 1 saturated heterocycles. The minimum absolute atomic E-state index is 0.0349. The molecule has 0 radical (unpaired) electrons. The van der Waals surface area contributed by atoms with Crippen molar-refractivity contribution < 1.29 is 9.59 Å². The van der Waals surface area contributed by atoms with E-state index in [0.717, 1.165) is 37.9 Å². The molecule has 21 heavy (non-hydrogen) atoms. The lowest BCUT2D eigenvalue weighted by Gasteiger charge is -2.29. The fraction of sp³-hybridized carbons (Fsp3) is 0.667. The summed E-state index contributed by atoms with van der Waals surface area (Å²) >= 11 is 0. The second kappa shape index (κ2) is 5.87. The van der Waals surface area contributed by atoms with Crippen LogP contribution in [0, 0.1) is 0 Å². The zero-order chi connectivity index (χ0) is 14.8. The normalized spacial score (nSPS) is 23.9. The van der Waals surface area contributed by atoms with E-state index in [1.165, 1.54) is 11.3 Å². The highest BCUT2D eigenvalue weighted by Gasteiger charge is 2.42. The van der Waals surface area contributed by atoms with Gasteiger partial charge >= 0.3 is 0 Å². The minimum atomic E-state index is -0.436. The van der Waals surface area contributed by atoms with E-state index in [9.17, 15) is 9.59 Å². The maximum Gasteiger partial charge on any atom is 0.252 e. The largest absolute Gasteiger partial charge is 0.371 e. The first-order valence-corrected chi connectivity index (χ1v) is 7.84. The van der Waals surface area contributed by atoms with Crippen LogP contribution in [0.5, 0.6) is 0 Å². The number of carbonyl (C=O) groups is 2. The molecule has 0 aromatic carbocycles. The van der Waals surface area contributed by atoms with Gasteiger partial charge in [0, 0.05) is 18.8 Å². The van der Waals surface area contributed by atoms with Crippen molar-refractivity contribution in [3.05, 3.63) is 12.4 Å².